The number of aliphatic hydroxyl groups is 1. The highest BCUT2D eigenvalue weighted by atomic mass is 19.1. The highest BCUT2D eigenvalue weighted by molar-refractivity contribution is 5.89. The van der Waals surface area contributed by atoms with Gasteiger partial charge in [-0.1, -0.05) is 24.3 Å². The van der Waals surface area contributed by atoms with Crippen LogP contribution in [0.5, 0.6) is 0 Å². The van der Waals surface area contributed by atoms with Crippen molar-refractivity contribution < 1.29 is 14.3 Å². The van der Waals surface area contributed by atoms with Gasteiger partial charge >= 0.3 is 6.03 Å². The molecule has 0 unspecified atom stereocenters. The number of nitrogens with one attached hydrogen (secondary N) is 2. The van der Waals surface area contributed by atoms with Gasteiger partial charge in [-0.05, 0) is 42.3 Å². The number of benzene rings is 2. The number of anilines is 1. The van der Waals surface area contributed by atoms with Crippen molar-refractivity contribution in [2.45, 2.75) is 19.6 Å². The Balaban J connectivity index is 1.84. The largest absolute Gasteiger partial charge is 0.389 e. The van der Waals surface area contributed by atoms with Crippen LogP contribution in [0.3, 0.4) is 0 Å². The van der Waals surface area contributed by atoms with E-state index in [1.807, 2.05) is 24.3 Å². The Kier molecular flexibility index (Phi) is 4.90. The molecular weight excluding hydrogens is 271 g/mol. The summed E-state index contributed by atoms with van der Waals surface area (Å²) in [6.45, 7) is 2.07. The zero-order chi connectivity index (χ0) is 15.2. The molecule has 2 aromatic rings. The molecule has 0 aliphatic rings. The van der Waals surface area contributed by atoms with Crippen LogP contribution in [0.4, 0.5) is 14.9 Å². The third-order valence-electron chi connectivity index (χ3n) is 3.02. The topological polar surface area (TPSA) is 61.4 Å². The fourth-order valence-electron chi connectivity index (χ4n) is 1.80. The molecule has 4 nitrogen and oxygen atoms in total. The molecule has 1 atom stereocenters. The summed E-state index contributed by atoms with van der Waals surface area (Å²) in [6, 6.07) is 12.5. The lowest BCUT2D eigenvalue weighted by Gasteiger charge is -2.09. The maximum Gasteiger partial charge on any atom is 0.319 e. The quantitative estimate of drug-likeness (QED) is 0.809. The number of rotatable bonds is 4. The molecule has 0 aliphatic carbocycles. The van der Waals surface area contributed by atoms with Gasteiger partial charge < -0.3 is 15.7 Å². The molecule has 0 aromatic heterocycles. The molecule has 110 valence electrons. The summed E-state index contributed by atoms with van der Waals surface area (Å²) in [5.74, 6) is -0.348. The zero-order valence-corrected chi connectivity index (χ0v) is 11.6. The predicted molar refractivity (Wildman–Crippen MR) is 79.3 cm³/mol. The highest BCUT2D eigenvalue weighted by Gasteiger charge is 2.03. The Morgan fingerprint density at radius 2 is 1.76 bits per heavy atom. The molecule has 0 aliphatic heterocycles. The van der Waals surface area contributed by atoms with Crippen LogP contribution in [0.2, 0.25) is 0 Å². The summed E-state index contributed by atoms with van der Waals surface area (Å²) in [5, 5.41) is 14.7. The lowest BCUT2D eigenvalue weighted by atomic mass is 10.1. The van der Waals surface area contributed by atoms with Crippen molar-refractivity contribution in [1.29, 1.82) is 0 Å². The van der Waals surface area contributed by atoms with E-state index in [0.717, 1.165) is 11.1 Å². The lowest BCUT2D eigenvalue weighted by molar-refractivity contribution is 0.199. The summed E-state index contributed by atoms with van der Waals surface area (Å²) in [7, 11) is 0. The van der Waals surface area contributed by atoms with E-state index in [0.29, 0.717) is 12.2 Å². The van der Waals surface area contributed by atoms with E-state index in [2.05, 4.69) is 10.6 Å². The minimum atomic E-state index is -0.506. The van der Waals surface area contributed by atoms with Gasteiger partial charge in [0.05, 0.1) is 6.10 Å². The van der Waals surface area contributed by atoms with Gasteiger partial charge in [-0.25, -0.2) is 9.18 Å². The predicted octanol–water partition coefficient (Wildman–Crippen LogP) is 3.20. The Morgan fingerprint density at radius 3 is 2.33 bits per heavy atom. The standard InChI is InChI=1S/C16H17FN2O2/c1-11(20)13-4-2-12(3-5-13)10-18-16(21)19-15-8-6-14(17)7-9-15/h2-9,11,20H,10H2,1H3,(H2,18,19,21)/t11-/m0/s1. The monoisotopic (exact) mass is 288 g/mol. The van der Waals surface area contributed by atoms with Crippen molar-refractivity contribution in [3.05, 3.63) is 65.5 Å². The average Bonchev–Trinajstić information content (AvgIpc) is 2.48. The third-order valence-corrected chi connectivity index (χ3v) is 3.02. The number of hydrogen-bond donors (Lipinski definition) is 3. The number of carbonyl (C=O) groups is 1. The molecule has 21 heavy (non-hydrogen) atoms. The Morgan fingerprint density at radius 1 is 1.14 bits per heavy atom. The number of halogens is 1. The zero-order valence-electron chi connectivity index (χ0n) is 11.6. The summed E-state index contributed by atoms with van der Waals surface area (Å²) < 4.78 is 12.7. The van der Waals surface area contributed by atoms with Crippen molar-refractivity contribution in [2.24, 2.45) is 0 Å². The number of hydrogen-bond acceptors (Lipinski definition) is 2. The SMILES string of the molecule is C[C@H](O)c1ccc(CNC(=O)Nc2ccc(F)cc2)cc1. The fraction of sp³-hybridized carbons (Fsp3) is 0.188. The maximum atomic E-state index is 12.7. The molecule has 0 saturated heterocycles. The van der Waals surface area contributed by atoms with Gasteiger partial charge in [0, 0.05) is 12.2 Å². The number of amides is 2. The van der Waals surface area contributed by atoms with Gasteiger partial charge in [-0.15, -0.1) is 0 Å². The van der Waals surface area contributed by atoms with E-state index in [9.17, 15) is 14.3 Å². The first-order chi connectivity index (χ1) is 10.0. The van der Waals surface area contributed by atoms with Crippen LogP contribution in [-0.2, 0) is 6.54 Å². The summed E-state index contributed by atoms with van der Waals surface area (Å²) in [4.78, 5) is 11.7. The van der Waals surface area contributed by atoms with Gasteiger partial charge in [0.1, 0.15) is 5.82 Å². The molecule has 3 N–H and O–H groups in total. The van der Waals surface area contributed by atoms with E-state index in [1.165, 1.54) is 24.3 Å². The summed E-state index contributed by atoms with van der Waals surface area (Å²) >= 11 is 0. The Hall–Kier alpha value is -2.40. The number of aliphatic hydroxyl groups excluding tert-OH is 1. The number of urea groups is 1. The van der Waals surface area contributed by atoms with Crippen LogP contribution in [-0.4, -0.2) is 11.1 Å². The van der Waals surface area contributed by atoms with Crippen LogP contribution in [0.25, 0.3) is 0 Å². The van der Waals surface area contributed by atoms with Gasteiger partial charge in [-0.2, -0.15) is 0 Å². The van der Waals surface area contributed by atoms with E-state index in [-0.39, 0.29) is 11.8 Å². The molecule has 0 heterocycles. The average molecular weight is 288 g/mol. The van der Waals surface area contributed by atoms with Crippen LogP contribution in [0.15, 0.2) is 48.5 Å². The van der Waals surface area contributed by atoms with E-state index >= 15 is 0 Å². The smallest absolute Gasteiger partial charge is 0.319 e. The second-order valence-electron chi connectivity index (χ2n) is 4.73. The Bertz CT molecular complexity index is 595. The van der Waals surface area contributed by atoms with Gasteiger partial charge in [0.15, 0.2) is 0 Å². The van der Waals surface area contributed by atoms with E-state index < -0.39 is 6.10 Å². The van der Waals surface area contributed by atoms with Crippen LogP contribution in [0, 0.1) is 5.82 Å². The van der Waals surface area contributed by atoms with Gasteiger partial charge in [0.25, 0.3) is 0 Å². The fourth-order valence-corrected chi connectivity index (χ4v) is 1.80. The molecule has 0 spiro atoms. The van der Waals surface area contributed by atoms with Crippen LogP contribution < -0.4 is 10.6 Å². The molecule has 5 heteroatoms. The van der Waals surface area contributed by atoms with Gasteiger partial charge in [0.2, 0.25) is 0 Å². The molecule has 2 rings (SSSR count). The molecular formula is C16H17FN2O2. The molecule has 0 bridgehead atoms. The molecule has 0 saturated carbocycles. The minimum Gasteiger partial charge on any atom is -0.389 e. The maximum absolute atomic E-state index is 12.7. The first-order valence-corrected chi connectivity index (χ1v) is 6.62. The highest BCUT2D eigenvalue weighted by Crippen LogP contribution is 2.12. The second-order valence-corrected chi connectivity index (χ2v) is 4.73. The minimum absolute atomic E-state index is 0.348. The normalized spacial score (nSPS) is 11.8. The summed E-state index contributed by atoms with van der Waals surface area (Å²) in [6.07, 6.45) is -0.506. The molecule has 2 aromatic carbocycles. The summed E-state index contributed by atoms with van der Waals surface area (Å²) in [5.41, 5.74) is 2.28. The van der Waals surface area contributed by atoms with Crippen LogP contribution >= 0.6 is 0 Å². The van der Waals surface area contributed by atoms with Crippen LogP contribution in [0.1, 0.15) is 24.2 Å². The lowest BCUT2D eigenvalue weighted by Crippen LogP contribution is -2.28. The molecule has 2 amide bonds. The Labute approximate surface area is 122 Å². The number of carbonyl (C=O) groups excluding carboxylic acids is 1. The van der Waals surface area contributed by atoms with Crippen molar-refractivity contribution in [3.63, 3.8) is 0 Å². The van der Waals surface area contributed by atoms with Gasteiger partial charge in [-0.3, -0.25) is 0 Å². The van der Waals surface area contributed by atoms with E-state index in [4.69, 9.17) is 0 Å². The third kappa shape index (κ3) is 4.57. The molecule has 0 radical (unpaired) electrons. The van der Waals surface area contributed by atoms with E-state index in [1.54, 1.807) is 6.92 Å². The van der Waals surface area contributed by atoms with Crippen molar-refractivity contribution in [2.75, 3.05) is 5.32 Å². The second kappa shape index (κ2) is 6.85. The first-order valence-electron chi connectivity index (χ1n) is 6.62. The molecule has 0 fully saturated rings. The first kappa shape index (κ1) is 15.0. The van der Waals surface area contributed by atoms with Crippen molar-refractivity contribution in [3.8, 4) is 0 Å². The van der Waals surface area contributed by atoms with Crippen molar-refractivity contribution in [1.82, 2.24) is 5.32 Å². The van der Waals surface area contributed by atoms with Crippen molar-refractivity contribution >= 4 is 11.7 Å².